The van der Waals surface area contributed by atoms with E-state index in [0.29, 0.717) is 0 Å². The summed E-state index contributed by atoms with van der Waals surface area (Å²) >= 11 is 0. The van der Waals surface area contributed by atoms with Gasteiger partial charge in [-0.1, -0.05) is 101 Å². The van der Waals surface area contributed by atoms with Crippen LogP contribution in [0.1, 0.15) is 127 Å². The standard InChI is InChI=1S/C32H46/c1-3-5-6-12-26-19-23-28(24-20-26)30-14-8-10-16-32(30)31-15-9-7-13-29(31)27-21-17-25(11-4-2)18-22-27/h7-10,13-16,25-28H,3-6,11-12,17-24H2,1-2H3. The first-order valence-corrected chi connectivity index (χ1v) is 14.0. The Morgan fingerprint density at radius 3 is 1.47 bits per heavy atom. The van der Waals surface area contributed by atoms with Crippen LogP contribution in [0.15, 0.2) is 48.5 Å². The summed E-state index contributed by atoms with van der Waals surface area (Å²) in [5.74, 6) is 3.46. The van der Waals surface area contributed by atoms with Crippen molar-refractivity contribution in [2.24, 2.45) is 11.8 Å². The van der Waals surface area contributed by atoms with Crippen LogP contribution in [0.25, 0.3) is 11.1 Å². The Labute approximate surface area is 198 Å². The largest absolute Gasteiger partial charge is 0.0654 e. The maximum absolute atomic E-state index is 2.45. The molecule has 2 aromatic carbocycles. The zero-order chi connectivity index (χ0) is 22.2. The van der Waals surface area contributed by atoms with E-state index in [1.54, 1.807) is 11.1 Å². The van der Waals surface area contributed by atoms with Crippen LogP contribution in [-0.2, 0) is 0 Å². The Balaban J connectivity index is 1.49. The first-order valence-electron chi connectivity index (χ1n) is 14.0. The van der Waals surface area contributed by atoms with Crippen molar-refractivity contribution in [2.75, 3.05) is 0 Å². The van der Waals surface area contributed by atoms with Crippen LogP contribution in [-0.4, -0.2) is 0 Å². The SMILES string of the molecule is CCCCCC1CCC(c2ccccc2-c2ccccc2C2CCC(CCC)CC2)CC1. The Morgan fingerprint density at radius 2 is 1.00 bits per heavy atom. The predicted molar refractivity (Wildman–Crippen MR) is 140 cm³/mol. The Morgan fingerprint density at radius 1 is 0.531 bits per heavy atom. The normalized spacial score (nSPS) is 26.2. The van der Waals surface area contributed by atoms with Crippen LogP contribution in [0, 0.1) is 11.8 Å². The molecule has 2 aliphatic rings. The number of hydrogen-bond acceptors (Lipinski definition) is 0. The third-order valence-corrected chi connectivity index (χ3v) is 8.70. The van der Waals surface area contributed by atoms with Crippen molar-refractivity contribution in [3.05, 3.63) is 59.7 Å². The predicted octanol–water partition coefficient (Wildman–Crippen LogP) is 10.3. The lowest BCUT2D eigenvalue weighted by atomic mass is 9.73. The molecule has 2 aromatic rings. The van der Waals surface area contributed by atoms with Crippen LogP contribution in [0.4, 0.5) is 0 Å². The lowest BCUT2D eigenvalue weighted by Crippen LogP contribution is -2.15. The van der Waals surface area contributed by atoms with Gasteiger partial charge >= 0.3 is 0 Å². The van der Waals surface area contributed by atoms with Gasteiger partial charge in [0.15, 0.2) is 0 Å². The third-order valence-electron chi connectivity index (χ3n) is 8.70. The molecule has 174 valence electrons. The van der Waals surface area contributed by atoms with Crippen molar-refractivity contribution < 1.29 is 0 Å². The van der Waals surface area contributed by atoms with Gasteiger partial charge in [0.25, 0.3) is 0 Å². The number of rotatable bonds is 9. The molecule has 0 nitrogen and oxygen atoms in total. The fourth-order valence-corrected chi connectivity index (χ4v) is 6.81. The first-order chi connectivity index (χ1) is 15.8. The fourth-order valence-electron chi connectivity index (χ4n) is 6.81. The molecule has 0 bridgehead atoms. The zero-order valence-electron chi connectivity index (χ0n) is 20.8. The van der Waals surface area contributed by atoms with Gasteiger partial charge in [0.05, 0.1) is 0 Å². The molecule has 0 amide bonds. The summed E-state index contributed by atoms with van der Waals surface area (Å²) in [7, 11) is 0. The molecule has 0 aliphatic heterocycles. The molecule has 0 heterocycles. The summed E-state index contributed by atoms with van der Waals surface area (Å²) in [6.45, 7) is 4.67. The van der Waals surface area contributed by atoms with Crippen LogP contribution in [0.5, 0.6) is 0 Å². The van der Waals surface area contributed by atoms with Gasteiger partial charge in [0.1, 0.15) is 0 Å². The van der Waals surface area contributed by atoms with Crippen LogP contribution >= 0.6 is 0 Å². The number of hydrogen-bond donors (Lipinski definition) is 0. The maximum atomic E-state index is 2.45. The second kappa shape index (κ2) is 12.1. The van der Waals surface area contributed by atoms with Crippen molar-refractivity contribution in [3.8, 4) is 11.1 Å². The van der Waals surface area contributed by atoms with E-state index in [-0.39, 0.29) is 0 Å². The molecule has 0 radical (unpaired) electrons. The summed E-state index contributed by atoms with van der Waals surface area (Å²) in [5.41, 5.74) is 6.33. The molecule has 32 heavy (non-hydrogen) atoms. The lowest BCUT2D eigenvalue weighted by Gasteiger charge is -2.32. The minimum atomic E-state index is 0.752. The summed E-state index contributed by atoms with van der Waals surface area (Å²) in [6, 6.07) is 18.8. The third kappa shape index (κ3) is 5.86. The summed E-state index contributed by atoms with van der Waals surface area (Å²) in [5, 5.41) is 0. The Bertz CT molecular complexity index is 802. The van der Waals surface area contributed by atoms with E-state index in [1.165, 1.54) is 101 Å². The van der Waals surface area contributed by atoms with Gasteiger partial charge in [-0.2, -0.15) is 0 Å². The van der Waals surface area contributed by atoms with Crippen LogP contribution in [0.2, 0.25) is 0 Å². The summed E-state index contributed by atoms with van der Waals surface area (Å²) in [4.78, 5) is 0. The minimum absolute atomic E-state index is 0.752. The van der Waals surface area contributed by atoms with Gasteiger partial charge < -0.3 is 0 Å². The molecule has 0 heteroatoms. The van der Waals surface area contributed by atoms with Gasteiger partial charge in [-0.05, 0) is 97.3 Å². The molecule has 0 N–H and O–H groups in total. The smallest absolute Gasteiger partial charge is 0.0146 e. The van der Waals surface area contributed by atoms with Gasteiger partial charge in [0, 0.05) is 0 Å². The van der Waals surface area contributed by atoms with Crippen molar-refractivity contribution >= 4 is 0 Å². The van der Waals surface area contributed by atoms with Crippen molar-refractivity contribution in [1.82, 2.24) is 0 Å². The van der Waals surface area contributed by atoms with Gasteiger partial charge in [-0.3, -0.25) is 0 Å². The van der Waals surface area contributed by atoms with Crippen molar-refractivity contribution in [3.63, 3.8) is 0 Å². The van der Waals surface area contributed by atoms with E-state index < -0.39 is 0 Å². The maximum Gasteiger partial charge on any atom is -0.0146 e. The minimum Gasteiger partial charge on any atom is -0.0654 e. The van der Waals surface area contributed by atoms with Gasteiger partial charge in [-0.15, -0.1) is 0 Å². The summed E-state index contributed by atoms with van der Waals surface area (Å²) < 4.78 is 0. The highest BCUT2D eigenvalue weighted by Crippen LogP contribution is 2.45. The lowest BCUT2D eigenvalue weighted by molar-refractivity contribution is 0.303. The molecule has 0 atom stereocenters. The summed E-state index contributed by atoms with van der Waals surface area (Å²) in [6.07, 6.45) is 19.7. The molecule has 2 fully saturated rings. The van der Waals surface area contributed by atoms with Gasteiger partial charge in [0.2, 0.25) is 0 Å². The Hall–Kier alpha value is -1.56. The van der Waals surface area contributed by atoms with Crippen LogP contribution < -0.4 is 0 Å². The van der Waals surface area contributed by atoms with E-state index in [9.17, 15) is 0 Å². The molecule has 0 aromatic heterocycles. The molecule has 0 saturated heterocycles. The number of benzene rings is 2. The van der Waals surface area contributed by atoms with E-state index in [4.69, 9.17) is 0 Å². The topological polar surface area (TPSA) is 0 Å². The van der Waals surface area contributed by atoms with Crippen molar-refractivity contribution in [1.29, 1.82) is 0 Å². The second-order valence-corrected chi connectivity index (χ2v) is 10.9. The fraction of sp³-hybridized carbons (Fsp3) is 0.625. The highest BCUT2D eigenvalue weighted by atomic mass is 14.3. The number of unbranched alkanes of at least 4 members (excludes halogenated alkanes) is 2. The van der Waals surface area contributed by atoms with E-state index in [0.717, 1.165) is 23.7 Å². The van der Waals surface area contributed by atoms with Crippen molar-refractivity contribution in [2.45, 2.75) is 116 Å². The monoisotopic (exact) mass is 430 g/mol. The highest BCUT2D eigenvalue weighted by molar-refractivity contribution is 5.72. The highest BCUT2D eigenvalue weighted by Gasteiger charge is 2.27. The zero-order valence-corrected chi connectivity index (χ0v) is 20.8. The Kier molecular flexibility index (Phi) is 8.89. The molecular weight excluding hydrogens is 384 g/mol. The molecule has 2 saturated carbocycles. The van der Waals surface area contributed by atoms with E-state index in [2.05, 4.69) is 62.4 Å². The van der Waals surface area contributed by atoms with E-state index in [1.807, 2.05) is 0 Å². The second-order valence-electron chi connectivity index (χ2n) is 10.9. The molecular formula is C32H46. The molecule has 0 spiro atoms. The quantitative estimate of drug-likeness (QED) is 0.347. The van der Waals surface area contributed by atoms with E-state index >= 15 is 0 Å². The first kappa shape index (κ1) is 23.6. The molecule has 2 aliphatic carbocycles. The van der Waals surface area contributed by atoms with Crippen LogP contribution in [0.3, 0.4) is 0 Å². The van der Waals surface area contributed by atoms with Gasteiger partial charge in [-0.25, -0.2) is 0 Å². The molecule has 4 rings (SSSR count). The average molecular weight is 431 g/mol. The molecule has 0 unspecified atom stereocenters. The average Bonchev–Trinajstić information content (AvgIpc) is 2.85.